The van der Waals surface area contributed by atoms with Crippen molar-refractivity contribution in [2.24, 2.45) is 0 Å². The molecule has 0 aliphatic heterocycles. The van der Waals surface area contributed by atoms with E-state index in [0.717, 1.165) is 24.8 Å². The lowest BCUT2D eigenvalue weighted by Crippen LogP contribution is -2.25. The zero-order valence-corrected chi connectivity index (χ0v) is 11.3. The van der Waals surface area contributed by atoms with Crippen molar-refractivity contribution in [3.63, 3.8) is 0 Å². The smallest absolute Gasteiger partial charge is 0.235 e. The largest absolute Gasteiger partial charge is 0.506 e. The monoisotopic (exact) mass is 269 g/mol. The Kier molecular flexibility index (Phi) is 3.80. The van der Waals surface area contributed by atoms with Crippen molar-refractivity contribution in [1.29, 1.82) is 0 Å². The van der Waals surface area contributed by atoms with Crippen LogP contribution in [0.4, 0.5) is 5.69 Å². The second kappa shape index (κ2) is 5.18. The molecule has 1 aromatic rings. The van der Waals surface area contributed by atoms with Crippen molar-refractivity contribution in [3.8, 4) is 5.75 Å². The van der Waals surface area contributed by atoms with E-state index in [2.05, 4.69) is 4.72 Å². The van der Waals surface area contributed by atoms with Gasteiger partial charge in [0.1, 0.15) is 5.75 Å². The maximum absolute atomic E-state index is 12.1. The number of phenols is 1. The van der Waals surface area contributed by atoms with Gasteiger partial charge in [0, 0.05) is 0 Å². The van der Waals surface area contributed by atoms with E-state index in [-0.39, 0.29) is 11.0 Å². The third-order valence-corrected chi connectivity index (χ3v) is 5.32. The van der Waals surface area contributed by atoms with Gasteiger partial charge >= 0.3 is 0 Å². The molecule has 18 heavy (non-hydrogen) atoms. The molecule has 1 aliphatic carbocycles. The van der Waals surface area contributed by atoms with Gasteiger partial charge in [0.15, 0.2) is 0 Å². The number of hydrogen-bond donors (Lipinski definition) is 2. The first-order valence-corrected chi connectivity index (χ1v) is 7.91. The van der Waals surface area contributed by atoms with Gasteiger partial charge < -0.3 is 5.11 Å². The summed E-state index contributed by atoms with van der Waals surface area (Å²) in [5.74, 6) is -0.0197. The Hall–Kier alpha value is -1.23. The molecule has 2 N–H and O–H groups in total. The van der Waals surface area contributed by atoms with Crippen molar-refractivity contribution < 1.29 is 13.5 Å². The summed E-state index contributed by atoms with van der Waals surface area (Å²) in [5.41, 5.74) is 1.29. The standard InChI is InChI=1S/C13H19NO3S/c1-2-10-7-8-13(15)12(9-10)14-18(16,17)11-5-3-4-6-11/h7-9,11,14-15H,2-6H2,1H3. The van der Waals surface area contributed by atoms with E-state index in [0.29, 0.717) is 18.5 Å². The van der Waals surface area contributed by atoms with Crippen LogP contribution in [0.5, 0.6) is 5.75 Å². The molecular formula is C13H19NO3S. The first kappa shape index (κ1) is 13.2. The maximum atomic E-state index is 12.1. The van der Waals surface area contributed by atoms with E-state index in [9.17, 15) is 13.5 Å². The molecule has 2 rings (SSSR count). The lowest BCUT2D eigenvalue weighted by molar-refractivity contribution is 0.477. The normalized spacial score (nSPS) is 16.9. The first-order valence-electron chi connectivity index (χ1n) is 6.36. The number of rotatable bonds is 4. The molecule has 1 aliphatic rings. The molecule has 0 radical (unpaired) electrons. The molecule has 0 saturated heterocycles. The van der Waals surface area contributed by atoms with Crippen molar-refractivity contribution in [1.82, 2.24) is 0 Å². The van der Waals surface area contributed by atoms with Gasteiger partial charge in [-0.3, -0.25) is 4.72 Å². The van der Waals surface area contributed by atoms with Crippen LogP contribution in [0.1, 0.15) is 38.2 Å². The van der Waals surface area contributed by atoms with Gasteiger partial charge in [-0.25, -0.2) is 8.42 Å². The Morgan fingerprint density at radius 1 is 1.33 bits per heavy atom. The summed E-state index contributed by atoms with van der Waals surface area (Å²) < 4.78 is 26.8. The van der Waals surface area contributed by atoms with Gasteiger partial charge in [-0.15, -0.1) is 0 Å². The van der Waals surface area contributed by atoms with Gasteiger partial charge in [-0.05, 0) is 37.0 Å². The molecular weight excluding hydrogens is 250 g/mol. The average molecular weight is 269 g/mol. The minimum Gasteiger partial charge on any atom is -0.506 e. The number of aryl methyl sites for hydroxylation is 1. The van der Waals surface area contributed by atoms with E-state index in [1.807, 2.05) is 6.92 Å². The summed E-state index contributed by atoms with van der Waals surface area (Å²) >= 11 is 0. The summed E-state index contributed by atoms with van der Waals surface area (Å²) in [7, 11) is -3.37. The van der Waals surface area contributed by atoms with Crippen LogP contribution >= 0.6 is 0 Å². The van der Waals surface area contributed by atoms with Crippen LogP contribution in [0.2, 0.25) is 0 Å². The Balaban J connectivity index is 2.22. The third-order valence-electron chi connectivity index (χ3n) is 3.46. The minimum atomic E-state index is -3.37. The van der Waals surface area contributed by atoms with Crippen LogP contribution in [0.15, 0.2) is 18.2 Å². The molecule has 1 fully saturated rings. The minimum absolute atomic E-state index is 0.0197. The summed E-state index contributed by atoms with van der Waals surface area (Å²) in [6.45, 7) is 1.99. The van der Waals surface area contributed by atoms with Crippen LogP contribution < -0.4 is 4.72 Å². The second-order valence-corrected chi connectivity index (χ2v) is 6.72. The molecule has 1 saturated carbocycles. The maximum Gasteiger partial charge on any atom is 0.235 e. The molecule has 0 bridgehead atoms. The molecule has 5 heteroatoms. The molecule has 0 amide bonds. The average Bonchev–Trinajstić information content (AvgIpc) is 2.86. The predicted molar refractivity (Wildman–Crippen MR) is 72.3 cm³/mol. The highest BCUT2D eigenvalue weighted by Crippen LogP contribution is 2.30. The highest BCUT2D eigenvalue weighted by molar-refractivity contribution is 7.93. The fourth-order valence-electron chi connectivity index (χ4n) is 2.32. The fourth-order valence-corrected chi connectivity index (χ4v) is 3.91. The topological polar surface area (TPSA) is 66.4 Å². The molecule has 0 spiro atoms. The number of hydrogen-bond acceptors (Lipinski definition) is 3. The number of sulfonamides is 1. The molecule has 0 unspecified atom stereocenters. The van der Waals surface area contributed by atoms with E-state index >= 15 is 0 Å². The zero-order chi connectivity index (χ0) is 13.2. The lowest BCUT2D eigenvalue weighted by Gasteiger charge is -2.15. The first-order chi connectivity index (χ1) is 8.53. The fraction of sp³-hybridized carbons (Fsp3) is 0.538. The summed E-state index contributed by atoms with van der Waals surface area (Å²) in [5, 5.41) is 9.39. The van der Waals surface area contributed by atoms with Gasteiger partial charge in [0.25, 0.3) is 0 Å². The SMILES string of the molecule is CCc1ccc(O)c(NS(=O)(=O)C2CCCC2)c1. The molecule has 0 aromatic heterocycles. The number of phenolic OH excluding ortho intramolecular Hbond substituents is 1. The molecule has 1 aromatic carbocycles. The van der Waals surface area contributed by atoms with Crippen LogP contribution in [-0.2, 0) is 16.4 Å². The van der Waals surface area contributed by atoms with Gasteiger partial charge in [0.2, 0.25) is 10.0 Å². The zero-order valence-electron chi connectivity index (χ0n) is 10.5. The molecule has 0 heterocycles. The van der Waals surface area contributed by atoms with E-state index in [4.69, 9.17) is 0 Å². The summed E-state index contributed by atoms with van der Waals surface area (Å²) in [6.07, 6.45) is 4.16. The lowest BCUT2D eigenvalue weighted by atomic mass is 10.1. The summed E-state index contributed by atoms with van der Waals surface area (Å²) in [6, 6.07) is 5.02. The Labute approximate surface area is 108 Å². The Morgan fingerprint density at radius 3 is 2.61 bits per heavy atom. The van der Waals surface area contributed by atoms with Gasteiger partial charge in [-0.1, -0.05) is 25.8 Å². The van der Waals surface area contributed by atoms with E-state index in [1.54, 1.807) is 12.1 Å². The van der Waals surface area contributed by atoms with E-state index < -0.39 is 10.0 Å². The quantitative estimate of drug-likeness (QED) is 0.826. The van der Waals surface area contributed by atoms with Crippen molar-refractivity contribution in [2.45, 2.75) is 44.3 Å². The van der Waals surface area contributed by atoms with Crippen LogP contribution in [0, 0.1) is 0 Å². The highest BCUT2D eigenvalue weighted by atomic mass is 32.2. The van der Waals surface area contributed by atoms with Crippen LogP contribution in [0.3, 0.4) is 0 Å². The molecule has 4 nitrogen and oxygen atoms in total. The predicted octanol–water partition coefficient (Wildman–Crippen LogP) is 2.64. The number of nitrogens with one attached hydrogen (secondary N) is 1. The number of anilines is 1. The highest BCUT2D eigenvalue weighted by Gasteiger charge is 2.29. The van der Waals surface area contributed by atoms with Crippen molar-refractivity contribution >= 4 is 15.7 Å². The third kappa shape index (κ3) is 2.77. The van der Waals surface area contributed by atoms with Gasteiger partial charge in [0.05, 0.1) is 10.9 Å². The second-order valence-electron chi connectivity index (χ2n) is 4.76. The van der Waals surface area contributed by atoms with E-state index in [1.165, 1.54) is 6.07 Å². The van der Waals surface area contributed by atoms with Crippen LogP contribution in [-0.4, -0.2) is 18.8 Å². The number of aromatic hydroxyl groups is 1. The molecule has 100 valence electrons. The molecule has 0 atom stereocenters. The summed E-state index contributed by atoms with van der Waals surface area (Å²) in [4.78, 5) is 0. The van der Waals surface area contributed by atoms with Crippen LogP contribution in [0.25, 0.3) is 0 Å². The van der Waals surface area contributed by atoms with Crippen molar-refractivity contribution in [2.75, 3.05) is 4.72 Å². The Bertz CT molecular complexity index is 519. The number of benzene rings is 1. The van der Waals surface area contributed by atoms with Gasteiger partial charge in [-0.2, -0.15) is 0 Å². The Morgan fingerprint density at radius 2 is 2.00 bits per heavy atom. The van der Waals surface area contributed by atoms with Crippen molar-refractivity contribution in [3.05, 3.63) is 23.8 Å².